The molecule has 0 aromatic heterocycles. The van der Waals surface area contributed by atoms with E-state index in [4.69, 9.17) is 9.47 Å². The lowest BCUT2D eigenvalue weighted by Crippen LogP contribution is -2.54. The van der Waals surface area contributed by atoms with Crippen LogP contribution >= 0.6 is 0 Å². The summed E-state index contributed by atoms with van der Waals surface area (Å²) < 4.78 is 10.5. The van der Waals surface area contributed by atoms with Gasteiger partial charge in [-0.2, -0.15) is 0 Å². The lowest BCUT2D eigenvalue weighted by molar-refractivity contribution is -0.136. The van der Waals surface area contributed by atoms with Gasteiger partial charge in [0.2, 0.25) is 18.6 Å². The normalized spacial score (nSPS) is 18.8. The number of amides is 6. The van der Waals surface area contributed by atoms with E-state index in [1.807, 2.05) is 0 Å². The molecule has 2 aromatic carbocycles. The Morgan fingerprint density at radius 1 is 1.06 bits per heavy atom. The summed E-state index contributed by atoms with van der Waals surface area (Å²) >= 11 is 0. The van der Waals surface area contributed by atoms with Gasteiger partial charge in [-0.3, -0.25) is 29.4 Å². The second-order valence-corrected chi connectivity index (χ2v) is 7.66. The molecule has 168 valence electrons. The molecule has 3 aliphatic rings. The van der Waals surface area contributed by atoms with E-state index in [1.165, 1.54) is 6.07 Å². The molecule has 33 heavy (non-hydrogen) atoms. The topological polar surface area (TPSA) is 143 Å². The first-order valence-corrected chi connectivity index (χ1v) is 10.2. The van der Waals surface area contributed by atoms with E-state index in [-0.39, 0.29) is 37.3 Å². The molecular formula is C22H18N4O7. The van der Waals surface area contributed by atoms with Crippen LogP contribution in [-0.2, 0) is 16.1 Å². The van der Waals surface area contributed by atoms with Crippen LogP contribution in [-0.4, -0.2) is 47.4 Å². The van der Waals surface area contributed by atoms with E-state index < -0.39 is 35.7 Å². The average Bonchev–Trinajstić information content (AvgIpc) is 3.35. The highest BCUT2D eigenvalue weighted by molar-refractivity contribution is 6.24. The maximum Gasteiger partial charge on any atom is 0.319 e. The molecule has 1 unspecified atom stereocenters. The van der Waals surface area contributed by atoms with Crippen molar-refractivity contribution in [1.29, 1.82) is 0 Å². The van der Waals surface area contributed by atoms with Crippen molar-refractivity contribution in [3.05, 3.63) is 53.1 Å². The zero-order valence-corrected chi connectivity index (χ0v) is 17.2. The third kappa shape index (κ3) is 3.63. The van der Waals surface area contributed by atoms with E-state index >= 15 is 0 Å². The third-order valence-electron chi connectivity index (χ3n) is 5.62. The Kier molecular flexibility index (Phi) is 4.93. The van der Waals surface area contributed by atoms with Crippen LogP contribution in [0.15, 0.2) is 36.4 Å². The van der Waals surface area contributed by atoms with Crippen LogP contribution in [0.1, 0.15) is 39.1 Å². The summed E-state index contributed by atoms with van der Waals surface area (Å²) in [5, 5.41) is 7.49. The summed E-state index contributed by atoms with van der Waals surface area (Å²) in [5.41, 5.74) is 1.21. The molecule has 0 saturated carbocycles. The molecule has 0 radical (unpaired) electrons. The number of hydrogen-bond donors (Lipinski definition) is 3. The first kappa shape index (κ1) is 20.5. The van der Waals surface area contributed by atoms with Gasteiger partial charge in [0.15, 0.2) is 11.5 Å². The van der Waals surface area contributed by atoms with Gasteiger partial charge in [-0.15, -0.1) is 0 Å². The molecule has 11 heteroatoms. The van der Waals surface area contributed by atoms with Crippen LogP contribution in [0.2, 0.25) is 0 Å². The SMILES string of the molecule is O=C1CCC(N2C(=O)c3cccc(CNC(=O)Nc4ccc5c(c4)OCO5)c3C2=O)C(=O)N1. The fourth-order valence-corrected chi connectivity index (χ4v) is 4.06. The van der Waals surface area contributed by atoms with Gasteiger partial charge in [0, 0.05) is 24.7 Å². The minimum absolute atomic E-state index is 0.0260. The van der Waals surface area contributed by atoms with Crippen LogP contribution in [0.4, 0.5) is 10.5 Å². The molecule has 0 aliphatic carbocycles. The Morgan fingerprint density at radius 3 is 2.70 bits per heavy atom. The van der Waals surface area contributed by atoms with Gasteiger partial charge in [0.05, 0.1) is 11.1 Å². The van der Waals surface area contributed by atoms with Crippen LogP contribution in [0.3, 0.4) is 0 Å². The Bertz CT molecular complexity index is 1230. The molecule has 5 rings (SSSR count). The summed E-state index contributed by atoms with van der Waals surface area (Å²) in [7, 11) is 0. The largest absolute Gasteiger partial charge is 0.454 e. The van der Waals surface area contributed by atoms with E-state index in [0.717, 1.165) is 4.90 Å². The molecule has 6 amide bonds. The minimum Gasteiger partial charge on any atom is -0.454 e. The smallest absolute Gasteiger partial charge is 0.319 e. The maximum atomic E-state index is 13.1. The first-order valence-electron chi connectivity index (χ1n) is 10.2. The highest BCUT2D eigenvalue weighted by atomic mass is 16.7. The zero-order chi connectivity index (χ0) is 23.1. The van der Waals surface area contributed by atoms with Gasteiger partial charge in [-0.1, -0.05) is 12.1 Å². The number of benzene rings is 2. The van der Waals surface area contributed by atoms with Gasteiger partial charge in [-0.05, 0) is 30.2 Å². The molecule has 11 nitrogen and oxygen atoms in total. The minimum atomic E-state index is -1.05. The van der Waals surface area contributed by atoms with Crippen molar-refractivity contribution >= 4 is 35.3 Å². The fourth-order valence-electron chi connectivity index (χ4n) is 4.06. The van der Waals surface area contributed by atoms with E-state index in [9.17, 15) is 24.0 Å². The Labute approximate surface area is 187 Å². The molecule has 0 spiro atoms. The number of hydrogen-bond acceptors (Lipinski definition) is 7. The fraction of sp³-hybridized carbons (Fsp3) is 0.227. The Hall–Kier alpha value is -4.41. The summed E-state index contributed by atoms with van der Waals surface area (Å²) in [4.78, 5) is 62.9. The van der Waals surface area contributed by atoms with Crippen LogP contribution in [0, 0.1) is 0 Å². The molecule has 0 bridgehead atoms. The predicted molar refractivity (Wildman–Crippen MR) is 112 cm³/mol. The van der Waals surface area contributed by atoms with Crippen molar-refractivity contribution in [2.45, 2.75) is 25.4 Å². The van der Waals surface area contributed by atoms with Crippen LogP contribution in [0.5, 0.6) is 11.5 Å². The summed E-state index contributed by atoms with van der Waals surface area (Å²) in [6, 6.07) is 8.11. The van der Waals surface area contributed by atoms with Crippen molar-refractivity contribution in [3.8, 4) is 11.5 Å². The molecule has 2 aromatic rings. The van der Waals surface area contributed by atoms with Gasteiger partial charge in [0.1, 0.15) is 6.04 Å². The number of carbonyl (C=O) groups is 5. The molecule has 1 atom stereocenters. The molecule has 1 fully saturated rings. The number of fused-ring (bicyclic) bond motifs is 2. The molecule has 1 saturated heterocycles. The summed E-state index contributed by atoms with van der Waals surface area (Å²) in [6.07, 6.45) is 0.111. The zero-order valence-electron chi connectivity index (χ0n) is 17.2. The predicted octanol–water partition coefficient (Wildman–Crippen LogP) is 1.14. The number of ether oxygens (including phenoxy) is 2. The van der Waals surface area contributed by atoms with Gasteiger partial charge in [-0.25, -0.2) is 4.79 Å². The highest BCUT2D eigenvalue weighted by Crippen LogP contribution is 2.34. The van der Waals surface area contributed by atoms with Crippen LogP contribution in [0.25, 0.3) is 0 Å². The van der Waals surface area contributed by atoms with Crippen LogP contribution < -0.4 is 25.4 Å². The van der Waals surface area contributed by atoms with Gasteiger partial charge < -0.3 is 20.1 Å². The summed E-state index contributed by atoms with van der Waals surface area (Å²) in [5.74, 6) is -1.24. The molecular weight excluding hydrogens is 432 g/mol. The van der Waals surface area contributed by atoms with E-state index in [0.29, 0.717) is 22.7 Å². The van der Waals surface area contributed by atoms with Crippen molar-refractivity contribution in [3.63, 3.8) is 0 Å². The van der Waals surface area contributed by atoms with Crippen molar-refractivity contribution in [2.75, 3.05) is 12.1 Å². The van der Waals surface area contributed by atoms with Crippen molar-refractivity contribution < 1.29 is 33.4 Å². The van der Waals surface area contributed by atoms with Gasteiger partial charge >= 0.3 is 6.03 Å². The maximum absolute atomic E-state index is 13.1. The molecule has 3 heterocycles. The standard InChI is InChI=1S/C22H18N4O7/c27-17-7-5-14(19(28)25-17)26-20(29)13-3-1-2-11(18(13)21(26)30)9-23-22(31)24-12-4-6-15-16(8-12)33-10-32-15/h1-4,6,8,14H,5,7,9-10H2,(H2,23,24,31)(H,25,27,28). The number of nitrogens with one attached hydrogen (secondary N) is 3. The monoisotopic (exact) mass is 450 g/mol. The second kappa shape index (κ2) is 7.93. The van der Waals surface area contributed by atoms with E-state index in [2.05, 4.69) is 16.0 Å². The number of imide groups is 2. The van der Waals surface area contributed by atoms with Crippen molar-refractivity contribution in [2.24, 2.45) is 0 Å². The quantitative estimate of drug-likeness (QED) is 0.593. The third-order valence-corrected chi connectivity index (χ3v) is 5.62. The van der Waals surface area contributed by atoms with Gasteiger partial charge in [0.25, 0.3) is 11.8 Å². The van der Waals surface area contributed by atoms with Crippen molar-refractivity contribution in [1.82, 2.24) is 15.5 Å². The number of carbonyl (C=O) groups excluding carboxylic acids is 5. The lowest BCUT2D eigenvalue weighted by Gasteiger charge is -2.27. The molecule has 3 aliphatic heterocycles. The Balaban J connectivity index is 1.29. The molecule has 3 N–H and O–H groups in total. The number of piperidine rings is 1. The highest BCUT2D eigenvalue weighted by Gasteiger charge is 2.45. The lowest BCUT2D eigenvalue weighted by atomic mass is 10.0. The first-order chi connectivity index (χ1) is 15.9. The second-order valence-electron chi connectivity index (χ2n) is 7.66. The number of nitrogens with zero attached hydrogens (tertiary/aromatic N) is 1. The number of urea groups is 1. The average molecular weight is 450 g/mol. The summed E-state index contributed by atoms with van der Waals surface area (Å²) in [6.45, 7) is 0.0917. The Morgan fingerprint density at radius 2 is 1.88 bits per heavy atom. The van der Waals surface area contributed by atoms with E-state index in [1.54, 1.807) is 30.3 Å². The number of anilines is 1. The number of rotatable bonds is 4.